The zero-order valence-electron chi connectivity index (χ0n) is 14.0. The number of ether oxygens (including phenoxy) is 1. The molecule has 0 aliphatic heterocycles. The molecule has 0 atom stereocenters. The van der Waals surface area contributed by atoms with E-state index < -0.39 is 16.6 Å². The predicted molar refractivity (Wildman–Crippen MR) is 95.0 cm³/mol. The van der Waals surface area contributed by atoms with Crippen LogP contribution in [0.2, 0.25) is 0 Å². The molecular formula is C19H14FN3O4. The van der Waals surface area contributed by atoms with Crippen LogP contribution >= 0.6 is 0 Å². The molecule has 0 unspecified atom stereocenters. The number of benzene rings is 2. The number of nitro groups is 1. The Morgan fingerprint density at radius 3 is 2.63 bits per heavy atom. The van der Waals surface area contributed by atoms with Gasteiger partial charge in [-0.25, -0.2) is 9.37 Å². The Balaban J connectivity index is 1.69. The van der Waals surface area contributed by atoms with Gasteiger partial charge in [-0.2, -0.15) is 0 Å². The van der Waals surface area contributed by atoms with Gasteiger partial charge in [0.15, 0.2) is 0 Å². The van der Waals surface area contributed by atoms with Crippen molar-refractivity contribution in [1.82, 2.24) is 10.3 Å². The van der Waals surface area contributed by atoms with Gasteiger partial charge in [0.2, 0.25) is 5.88 Å². The molecule has 1 N–H and O–H groups in total. The number of nitrogens with one attached hydrogen (secondary N) is 1. The van der Waals surface area contributed by atoms with Crippen LogP contribution < -0.4 is 10.1 Å². The van der Waals surface area contributed by atoms with Crippen molar-refractivity contribution in [2.75, 3.05) is 0 Å². The van der Waals surface area contributed by atoms with Crippen LogP contribution in [0.3, 0.4) is 0 Å². The Kier molecular flexibility index (Phi) is 5.36. The number of rotatable bonds is 6. The standard InChI is InChI=1S/C19H14FN3O4/c20-15-4-1-5-17(11-15)27-19-14(3-2-10-21-19)12-22-18(24)13-6-8-16(9-7-13)23(25)26/h1-11H,12H2,(H,22,24). The quantitative estimate of drug-likeness (QED) is 0.527. The topological polar surface area (TPSA) is 94.4 Å². The molecule has 0 saturated carbocycles. The number of halogens is 1. The molecule has 3 aromatic rings. The Morgan fingerprint density at radius 1 is 1.15 bits per heavy atom. The van der Waals surface area contributed by atoms with E-state index in [1.807, 2.05) is 0 Å². The third-order valence-corrected chi connectivity index (χ3v) is 3.64. The van der Waals surface area contributed by atoms with Crippen LogP contribution in [-0.4, -0.2) is 15.8 Å². The fraction of sp³-hybridized carbons (Fsp3) is 0.0526. The first-order valence-electron chi connectivity index (χ1n) is 7.93. The second kappa shape index (κ2) is 8.05. The molecule has 0 aliphatic carbocycles. The van der Waals surface area contributed by atoms with Gasteiger partial charge in [0, 0.05) is 42.1 Å². The molecule has 0 fully saturated rings. The molecule has 2 aromatic carbocycles. The second-order valence-electron chi connectivity index (χ2n) is 5.51. The summed E-state index contributed by atoms with van der Waals surface area (Å²) in [6, 6.07) is 14.3. The molecule has 0 bridgehead atoms. The number of nitro benzene ring substituents is 1. The third kappa shape index (κ3) is 4.63. The maximum absolute atomic E-state index is 13.3. The molecule has 3 rings (SSSR count). The van der Waals surface area contributed by atoms with Gasteiger partial charge in [-0.3, -0.25) is 14.9 Å². The number of carbonyl (C=O) groups excluding carboxylic acids is 1. The zero-order chi connectivity index (χ0) is 19.2. The lowest BCUT2D eigenvalue weighted by Crippen LogP contribution is -2.23. The molecule has 0 aliphatic rings. The van der Waals surface area contributed by atoms with Gasteiger partial charge < -0.3 is 10.1 Å². The van der Waals surface area contributed by atoms with E-state index in [4.69, 9.17) is 4.74 Å². The number of nitrogens with zero attached hydrogens (tertiary/aromatic N) is 2. The number of hydrogen-bond acceptors (Lipinski definition) is 5. The normalized spacial score (nSPS) is 10.3. The number of non-ortho nitro benzene ring substituents is 1. The lowest BCUT2D eigenvalue weighted by atomic mass is 10.2. The Labute approximate surface area is 153 Å². The Morgan fingerprint density at radius 2 is 1.93 bits per heavy atom. The van der Waals surface area contributed by atoms with Crippen LogP contribution in [0.1, 0.15) is 15.9 Å². The van der Waals surface area contributed by atoms with Crippen molar-refractivity contribution >= 4 is 11.6 Å². The van der Waals surface area contributed by atoms with Crippen molar-refractivity contribution in [3.05, 3.63) is 93.9 Å². The Hall–Kier alpha value is -3.81. The van der Waals surface area contributed by atoms with Gasteiger partial charge in [-0.05, 0) is 30.3 Å². The van der Waals surface area contributed by atoms with Crippen LogP contribution in [0.4, 0.5) is 10.1 Å². The van der Waals surface area contributed by atoms with Gasteiger partial charge >= 0.3 is 0 Å². The summed E-state index contributed by atoms with van der Waals surface area (Å²) in [5.74, 6) is -0.300. The molecule has 136 valence electrons. The zero-order valence-corrected chi connectivity index (χ0v) is 14.0. The van der Waals surface area contributed by atoms with Gasteiger partial charge in [0.05, 0.1) is 4.92 Å². The highest BCUT2D eigenvalue weighted by Crippen LogP contribution is 2.23. The SMILES string of the molecule is O=C(NCc1cccnc1Oc1cccc(F)c1)c1ccc([N+](=O)[O-])cc1. The summed E-state index contributed by atoms with van der Waals surface area (Å²) in [4.78, 5) is 26.5. The van der Waals surface area contributed by atoms with E-state index in [0.29, 0.717) is 5.56 Å². The van der Waals surface area contributed by atoms with Gasteiger partial charge in [0.1, 0.15) is 11.6 Å². The van der Waals surface area contributed by atoms with E-state index >= 15 is 0 Å². The van der Waals surface area contributed by atoms with E-state index in [0.717, 1.165) is 0 Å². The number of hydrogen-bond donors (Lipinski definition) is 1. The highest BCUT2D eigenvalue weighted by molar-refractivity contribution is 5.94. The van der Waals surface area contributed by atoms with Crippen LogP contribution in [0.5, 0.6) is 11.6 Å². The summed E-state index contributed by atoms with van der Waals surface area (Å²) in [7, 11) is 0. The van der Waals surface area contributed by atoms with Crippen molar-refractivity contribution in [1.29, 1.82) is 0 Å². The number of pyridine rings is 1. The fourth-order valence-electron chi connectivity index (χ4n) is 2.30. The van der Waals surface area contributed by atoms with Gasteiger partial charge in [-0.15, -0.1) is 0 Å². The fourth-order valence-corrected chi connectivity index (χ4v) is 2.30. The lowest BCUT2D eigenvalue weighted by Gasteiger charge is -2.11. The maximum Gasteiger partial charge on any atom is 0.269 e. The summed E-state index contributed by atoms with van der Waals surface area (Å²) < 4.78 is 18.9. The molecule has 0 saturated heterocycles. The summed E-state index contributed by atoms with van der Waals surface area (Å²) in [6.45, 7) is 0.119. The molecule has 1 amide bonds. The number of aromatic nitrogens is 1. The van der Waals surface area contributed by atoms with E-state index in [1.165, 1.54) is 48.7 Å². The highest BCUT2D eigenvalue weighted by Gasteiger charge is 2.12. The minimum absolute atomic E-state index is 0.0930. The smallest absolute Gasteiger partial charge is 0.269 e. The summed E-state index contributed by atoms with van der Waals surface area (Å²) in [6.07, 6.45) is 1.52. The molecule has 0 radical (unpaired) electrons. The Bertz CT molecular complexity index is 977. The third-order valence-electron chi connectivity index (χ3n) is 3.64. The molecule has 7 nitrogen and oxygen atoms in total. The molecule has 1 heterocycles. The molecule has 1 aromatic heterocycles. The summed E-state index contributed by atoms with van der Waals surface area (Å²) in [5.41, 5.74) is 0.790. The van der Waals surface area contributed by atoms with E-state index in [-0.39, 0.29) is 29.4 Å². The summed E-state index contributed by atoms with van der Waals surface area (Å²) in [5, 5.41) is 13.4. The highest BCUT2D eigenvalue weighted by atomic mass is 19.1. The average Bonchev–Trinajstić information content (AvgIpc) is 2.67. The molecule has 27 heavy (non-hydrogen) atoms. The van der Waals surface area contributed by atoms with E-state index in [1.54, 1.807) is 18.2 Å². The largest absolute Gasteiger partial charge is 0.439 e. The lowest BCUT2D eigenvalue weighted by molar-refractivity contribution is -0.384. The molecular weight excluding hydrogens is 353 g/mol. The average molecular weight is 367 g/mol. The molecule has 8 heteroatoms. The van der Waals surface area contributed by atoms with Crippen LogP contribution in [0, 0.1) is 15.9 Å². The van der Waals surface area contributed by atoms with Crippen molar-refractivity contribution in [3.63, 3.8) is 0 Å². The van der Waals surface area contributed by atoms with Gasteiger partial charge in [0.25, 0.3) is 11.6 Å². The first-order valence-corrected chi connectivity index (χ1v) is 7.93. The van der Waals surface area contributed by atoms with E-state index in [2.05, 4.69) is 10.3 Å². The molecule has 0 spiro atoms. The first kappa shape index (κ1) is 18.0. The van der Waals surface area contributed by atoms with Crippen LogP contribution in [-0.2, 0) is 6.54 Å². The van der Waals surface area contributed by atoms with Crippen LogP contribution in [0.15, 0.2) is 66.9 Å². The summed E-state index contributed by atoms with van der Waals surface area (Å²) >= 11 is 0. The van der Waals surface area contributed by atoms with Crippen LogP contribution in [0.25, 0.3) is 0 Å². The van der Waals surface area contributed by atoms with Crippen molar-refractivity contribution in [2.45, 2.75) is 6.54 Å². The number of carbonyl (C=O) groups is 1. The minimum atomic E-state index is -0.534. The van der Waals surface area contributed by atoms with Crippen molar-refractivity contribution < 1.29 is 18.8 Å². The number of amides is 1. The predicted octanol–water partition coefficient (Wildman–Crippen LogP) is 3.85. The van der Waals surface area contributed by atoms with Crippen molar-refractivity contribution in [3.8, 4) is 11.6 Å². The monoisotopic (exact) mass is 367 g/mol. The minimum Gasteiger partial charge on any atom is -0.439 e. The first-order chi connectivity index (χ1) is 13.0. The second-order valence-corrected chi connectivity index (χ2v) is 5.51. The van der Waals surface area contributed by atoms with Gasteiger partial charge in [-0.1, -0.05) is 12.1 Å². The van der Waals surface area contributed by atoms with Crippen molar-refractivity contribution in [2.24, 2.45) is 0 Å². The van der Waals surface area contributed by atoms with E-state index in [9.17, 15) is 19.3 Å². The maximum atomic E-state index is 13.3.